The standard InChI is InChI=1S/C32H34O9/c1-22(2)30(33)39-20-6-19-38-27-13-9-25(10-14-27)32(35)41-29-16-15-28(21-23(29)3)40-31(34)24-7-11-26(12-8-24)37-18-5-17-36-4/h7-16,21H,1,5-6,17-20H2,2-4H3. The molecule has 216 valence electrons. The van der Waals surface area contributed by atoms with Gasteiger partial charge in [-0.25, -0.2) is 14.4 Å². The molecule has 0 N–H and O–H groups in total. The van der Waals surface area contributed by atoms with E-state index in [9.17, 15) is 14.4 Å². The Morgan fingerprint density at radius 1 is 0.683 bits per heavy atom. The van der Waals surface area contributed by atoms with E-state index in [-0.39, 0.29) is 6.61 Å². The van der Waals surface area contributed by atoms with Crippen LogP contribution in [0.25, 0.3) is 0 Å². The second-order valence-electron chi connectivity index (χ2n) is 9.07. The molecule has 3 rings (SSSR count). The molecule has 0 fully saturated rings. The van der Waals surface area contributed by atoms with Gasteiger partial charge in [-0.3, -0.25) is 0 Å². The van der Waals surface area contributed by atoms with Crippen molar-refractivity contribution >= 4 is 17.9 Å². The predicted octanol–water partition coefficient (Wildman–Crippen LogP) is 5.74. The lowest BCUT2D eigenvalue weighted by Gasteiger charge is -2.11. The zero-order valence-corrected chi connectivity index (χ0v) is 23.5. The number of hydrogen-bond donors (Lipinski definition) is 0. The molecule has 0 aromatic heterocycles. The van der Waals surface area contributed by atoms with Crippen molar-refractivity contribution in [3.63, 3.8) is 0 Å². The summed E-state index contributed by atoms with van der Waals surface area (Å²) < 4.78 is 32.2. The Morgan fingerprint density at radius 2 is 1.20 bits per heavy atom. The topological polar surface area (TPSA) is 107 Å². The van der Waals surface area contributed by atoms with Gasteiger partial charge in [-0.15, -0.1) is 0 Å². The number of hydrogen-bond acceptors (Lipinski definition) is 9. The lowest BCUT2D eigenvalue weighted by molar-refractivity contribution is -0.139. The normalized spacial score (nSPS) is 10.4. The van der Waals surface area contributed by atoms with Crippen LogP contribution in [0.3, 0.4) is 0 Å². The number of rotatable bonds is 15. The van der Waals surface area contributed by atoms with Crippen LogP contribution in [0.5, 0.6) is 23.0 Å². The van der Waals surface area contributed by atoms with E-state index in [1.54, 1.807) is 87.7 Å². The molecule has 9 heteroatoms. The van der Waals surface area contributed by atoms with Gasteiger partial charge in [-0.2, -0.15) is 0 Å². The van der Waals surface area contributed by atoms with Crippen molar-refractivity contribution in [2.45, 2.75) is 26.7 Å². The largest absolute Gasteiger partial charge is 0.494 e. The van der Waals surface area contributed by atoms with Gasteiger partial charge in [0, 0.05) is 32.1 Å². The van der Waals surface area contributed by atoms with Crippen LogP contribution < -0.4 is 18.9 Å². The molecule has 0 heterocycles. The Labute approximate surface area is 239 Å². The summed E-state index contributed by atoms with van der Waals surface area (Å²) in [5, 5.41) is 0. The van der Waals surface area contributed by atoms with E-state index >= 15 is 0 Å². The fourth-order valence-electron chi connectivity index (χ4n) is 3.43. The minimum absolute atomic E-state index is 0.228. The molecule has 3 aromatic carbocycles. The Balaban J connectivity index is 1.47. The third-order valence-corrected chi connectivity index (χ3v) is 5.64. The van der Waals surface area contributed by atoms with Gasteiger partial charge < -0.3 is 28.4 Å². The monoisotopic (exact) mass is 562 g/mol. The first kappa shape index (κ1) is 30.9. The minimum atomic E-state index is -0.541. The van der Waals surface area contributed by atoms with E-state index in [2.05, 4.69) is 6.58 Å². The highest BCUT2D eigenvalue weighted by Crippen LogP contribution is 2.26. The number of methoxy groups -OCH3 is 1. The number of benzene rings is 3. The van der Waals surface area contributed by atoms with E-state index in [0.717, 1.165) is 6.42 Å². The summed E-state index contributed by atoms with van der Waals surface area (Å²) in [7, 11) is 1.64. The molecule has 0 bridgehead atoms. The molecule has 3 aromatic rings. The van der Waals surface area contributed by atoms with Crippen LogP contribution >= 0.6 is 0 Å². The van der Waals surface area contributed by atoms with E-state index < -0.39 is 17.9 Å². The van der Waals surface area contributed by atoms with Crippen molar-refractivity contribution in [2.75, 3.05) is 33.5 Å². The average Bonchev–Trinajstić information content (AvgIpc) is 2.97. The first-order valence-electron chi connectivity index (χ1n) is 13.1. The first-order chi connectivity index (χ1) is 19.8. The highest BCUT2D eigenvalue weighted by atomic mass is 16.5. The van der Waals surface area contributed by atoms with Gasteiger partial charge in [0.25, 0.3) is 0 Å². The first-order valence-corrected chi connectivity index (χ1v) is 13.1. The molecule has 0 amide bonds. The number of carbonyl (C=O) groups is 3. The maximum absolute atomic E-state index is 12.6. The molecule has 41 heavy (non-hydrogen) atoms. The van der Waals surface area contributed by atoms with E-state index in [1.807, 2.05) is 0 Å². The summed E-state index contributed by atoms with van der Waals surface area (Å²) in [6.45, 7) is 8.57. The lowest BCUT2D eigenvalue weighted by atomic mass is 10.2. The van der Waals surface area contributed by atoms with Crippen molar-refractivity contribution in [1.29, 1.82) is 0 Å². The summed E-state index contributed by atoms with van der Waals surface area (Å²) >= 11 is 0. The van der Waals surface area contributed by atoms with Crippen LogP contribution in [0.1, 0.15) is 46.0 Å². The molecule has 0 saturated carbocycles. The van der Waals surface area contributed by atoms with Gasteiger partial charge in [0.2, 0.25) is 0 Å². The van der Waals surface area contributed by atoms with Crippen molar-refractivity contribution in [3.8, 4) is 23.0 Å². The number of carbonyl (C=O) groups excluding carboxylic acids is 3. The predicted molar refractivity (Wildman–Crippen MR) is 152 cm³/mol. The SMILES string of the molecule is C=C(C)C(=O)OCCCOc1ccc(C(=O)Oc2ccc(OC(=O)c3ccc(OCCCOC)cc3)cc2C)cc1. The molecule has 0 spiro atoms. The van der Waals surface area contributed by atoms with E-state index in [0.29, 0.717) is 71.5 Å². The van der Waals surface area contributed by atoms with Crippen LogP contribution in [0.2, 0.25) is 0 Å². The van der Waals surface area contributed by atoms with Gasteiger partial charge in [0.1, 0.15) is 23.0 Å². The van der Waals surface area contributed by atoms with Crippen molar-refractivity contribution in [1.82, 2.24) is 0 Å². The highest BCUT2D eigenvalue weighted by Gasteiger charge is 2.14. The van der Waals surface area contributed by atoms with Gasteiger partial charge in [0.05, 0.1) is 30.9 Å². The zero-order valence-electron chi connectivity index (χ0n) is 23.5. The average molecular weight is 563 g/mol. The molecule has 9 nitrogen and oxygen atoms in total. The maximum atomic E-state index is 12.6. The molecule has 0 saturated heterocycles. The maximum Gasteiger partial charge on any atom is 0.343 e. The van der Waals surface area contributed by atoms with E-state index in [4.69, 9.17) is 28.4 Å². The smallest absolute Gasteiger partial charge is 0.343 e. The Hall–Kier alpha value is -4.63. The van der Waals surface area contributed by atoms with Crippen LogP contribution in [0, 0.1) is 6.92 Å². The third-order valence-electron chi connectivity index (χ3n) is 5.64. The van der Waals surface area contributed by atoms with Crippen molar-refractivity contribution in [2.24, 2.45) is 0 Å². The minimum Gasteiger partial charge on any atom is -0.494 e. The molecule has 0 aliphatic carbocycles. The Kier molecular flexibility index (Phi) is 11.9. The number of esters is 3. The highest BCUT2D eigenvalue weighted by molar-refractivity contribution is 5.92. The summed E-state index contributed by atoms with van der Waals surface area (Å²) in [6.07, 6.45) is 1.29. The quantitative estimate of drug-likeness (QED) is 0.0992. The number of ether oxygens (including phenoxy) is 6. The lowest BCUT2D eigenvalue weighted by Crippen LogP contribution is -2.11. The van der Waals surface area contributed by atoms with Crippen molar-refractivity contribution in [3.05, 3.63) is 95.6 Å². The molecule has 0 aliphatic heterocycles. The fraction of sp³-hybridized carbons (Fsp3) is 0.281. The molecule has 0 aliphatic rings. The van der Waals surface area contributed by atoms with Gasteiger partial charge in [-0.05, 0) is 86.1 Å². The van der Waals surface area contributed by atoms with Crippen LogP contribution in [-0.2, 0) is 14.3 Å². The van der Waals surface area contributed by atoms with Gasteiger partial charge in [-0.1, -0.05) is 6.58 Å². The zero-order chi connectivity index (χ0) is 29.6. The summed E-state index contributed by atoms with van der Waals surface area (Å²) in [4.78, 5) is 36.6. The van der Waals surface area contributed by atoms with E-state index in [1.165, 1.54) is 0 Å². The summed E-state index contributed by atoms with van der Waals surface area (Å²) in [6, 6.07) is 18.0. The Bertz CT molecular complexity index is 1330. The third kappa shape index (κ3) is 10.1. The molecular formula is C32H34O9. The van der Waals surface area contributed by atoms with Crippen molar-refractivity contribution < 1.29 is 42.8 Å². The Morgan fingerprint density at radius 3 is 1.71 bits per heavy atom. The van der Waals surface area contributed by atoms with Gasteiger partial charge in [0.15, 0.2) is 0 Å². The summed E-state index contributed by atoms with van der Waals surface area (Å²) in [5.41, 5.74) is 1.69. The van der Waals surface area contributed by atoms with Crippen LogP contribution in [0.4, 0.5) is 0 Å². The fourth-order valence-corrected chi connectivity index (χ4v) is 3.43. The second-order valence-corrected chi connectivity index (χ2v) is 9.07. The molecule has 0 atom stereocenters. The van der Waals surface area contributed by atoms with Gasteiger partial charge >= 0.3 is 17.9 Å². The molecule has 0 unspecified atom stereocenters. The molecular weight excluding hydrogens is 528 g/mol. The second kappa shape index (κ2) is 15.8. The molecule has 0 radical (unpaired) electrons. The number of aryl methyl sites for hydroxylation is 1. The van der Waals surface area contributed by atoms with Crippen LogP contribution in [-0.4, -0.2) is 51.4 Å². The summed E-state index contributed by atoms with van der Waals surface area (Å²) in [5.74, 6) is 0.397. The van der Waals surface area contributed by atoms with Crippen LogP contribution in [0.15, 0.2) is 78.9 Å².